The summed E-state index contributed by atoms with van der Waals surface area (Å²) in [6.45, 7) is 8.58. The van der Waals surface area contributed by atoms with Crippen LogP contribution in [-0.2, 0) is 0 Å². The van der Waals surface area contributed by atoms with Crippen molar-refractivity contribution >= 4 is 0 Å². The van der Waals surface area contributed by atoms with E-state index in [1.807, 2.05) is 0 Å². The average Bonchev–Trinajstić information content (AvgIpc) is 1.60. The molecule has 0 amide bonds. The number of hydrogen-bond donors (Lipinski definition) is 0. The summed E-state index contributed by atoms with van der Waals surface area (Å²) >= 11 is 0. The third kappa shape index (κ3) is 1.85. The van der Waals surface area contributed by atoms with Crippen molar-refractivity contribution < 1.29 is 0 Å². The van der Waals surface area contributed by atoms with Gasteiger partial charge in [-0.3, -0.25) is 0 Å². The van der Waals surface area contributed by atoms with Crippen LogP contribution in [0.25, 0.3) is 0 Å². The minimum Gasteiger partial charge on any atom is -0.0998 e. The van der Waals surface area contributed by atoms with Crippen molar-refractivity contribution in [2.45, 2.75) is 33.1 Å². The lowest BCUT2D eigenvalue weighted by atomic mass is 9.76. The first-order valence-electron chi connectivity index (χ1n) is 3.58. The fourth-order valence-corrected chi connectivity index (χ4v) is 1.49. The molecule has 1 aliphatic carbocycles. The van der Waals surface area contributed by atoms with Crippen molar-refractivity contribution in [2.75, 3.05) is 0 Å². The van der Waals surface area contributed by atoms with Crippen molar-refractivity contribution in [3.05, 3.63) is 18.6 Å². The van der Waals surface area contributed by atoms with Crippen molar-refractivity contribution in [2.24, 2.45) is 5.41 Å². The predicted molar refractivity (Wildman–Crippen MR) is 41.1 cm³/mol. The summed E-state index contributed by atoms with van der Waals surface area (Å²) in [5.41, 5.74) is 1.89. The van der Waals surface area contributed by atoms with E-state index in [2.05, 4.69) is 26.8 Å². The highest BCUT2D eigenvalue weighted by Gasteiger charge is 2.22. The van der Waals surface area contributed by atoms with Crippen LogP contribution in [0.1, 0.15) is 33.1 Å². The van der Waals surface area contributed by atoms with Gasteiger partial charge in [-0.25, -0.2) is 0 Å². The second kappa shape index (κ2) is 2.17. The third-order valence-electron chi connectivity index (χ3n) is 1.86. The van der Waals surface area contributed by atoms with E-state index >= 15 is 0 Å². The van der Waals surface area contributed by atoms with Crippen LogP contribution in [0.15, 0.2) is 12.2 Å². The molecule has 0 aromatic heterocycles. The molecule has 1 saturated carbocycles. The average molecular weight is 123 g/mol. The highest BCUT2D eigenvalue weighted by atomic mass is 14.3. The van der Waals surface area contributed by atoms with Gasteiger partial charge in [-0.1, -0.05) is 26.0 Å². The smallest absolute Gasteiger partial charge is 0.0271 e. The monoisotopic (exact) mass is 123 g/mol. The van der Waals surface area contributed by atoms with Crippen LogP contribution >= 0.6 is 0 Å². The molecule has 0 unspecified atom stereocenters. The molecule has 0 bridgehead atoms. The molecule has 1 rings (SSSR count). The Balaban J connectivity index is 2.51. The molecular formula is C9H15. The van der Waals surface area contributed by atoms with Crippen LogP contribution in [0, 0.1) is 11.8 Å². The maximum absolute atomic E-state index is 3.98. The Morgan fingerprint density at radius 1 is 1.56 bits per heavy atom. The third-order valence-corrected chi connectivity index (χ3v) is 1.86. The summed E-state index contributed by atoms with van der Waals surface area (Å²) in [5.74, 6) is 0. The molecule has 0 heteroatoms. The molecule has 1 radical (unpaired) electrons. The molecule has 0 N–H and O–H groups in total. The molecule has 1 aliphatic rings. The van der Waals surface area contributed by atoms with Gasteiger partial charge in [0.15, 0.2) is 0 Å². The van der Waals surface area contributed by atoms with E-state index in [4.69, 9.17) is 0 Å². The SMILES string of the molecule is C=C1C[CH]CC(C)(C)C1. The van der Waals surface area contributed by atoms with Crippen LogP contribution in [0.4, 0.5) is 0 Å². The first kappa shape index (κ1) is 6.85. The molecule has 0 saturated heterocycles. The molecule has 51 valence electrons. The molecular weight excluding hydrogens is 108 g/mol. The Morgan fingerprint density at radius 2 is 2.22 bits per heavy atom. The van der Waals surface area contributed by atoms with E-state index in [1.165, 1.54) is 18.4 Å². The molecule has 0 aliphatic heterocycles. The van der Waals surface area contributed by atoms with Gasteiger partial charge in [0.25, 0.3) is 0 Å². The fourth-order valence-electron chi connectivity index (χ4n) is 1.49. The first-order chi connectivity index (χ1) is 4.10. The van der Waals surface area contributed by atoms with Crippen LogP contribution < -0.4 is 0 Å². The standard InChI is InChI=1S/C9H15/c1-8-5-4-6-9(2,3)7-8/h4H,1,5-7H2,2-3H3. The topological polar surface area (TPSA) is 0 Å². The summed E-state index contributed by atoms with van der Waals surface area (Å²) in [6, 6.07) is 0. The Kier molecular flexibility index (Phi) is 1.65. The number of allylic oxidation sites excluding steroid dienone is 1. The van der Waals surface area contributed by atoms with Gasteiger partial charge < -0.3 is 0 Å². The zero-order valence-corrected chi connectivity index (χ0v) is 6.41. The molecule has 0 spiro atoms. The highest BCUT2D eigenvalue weighted by molar-refractivity contribution is 5.07. The van der Waals surface area contributed by atoms with Gasteiger partial charge >= 0.3 is 0 Å². The maximum Gasteiger partial charge on any atom is -0.0271 e. The summed E-state index contributed by atoms with van der Waals surface area (Å²) in [5, 5.41) is 0. The Labute approximate surface area is 58.0 Å². The van der Waals surface area contributed by atoms with Gasteiger partial charge in [-0.05, 0) is 31.1 Å². The molecule has 0 aromatic rings. The molecule has 0 atom stereocenters. The van der Waals surface area contributed by atoms with Gasteiger partial charge in [0.05, 0.1) is 0 Å². The lowest BCUT2D eigenvalue weighted by Crippen LogP contribution is -2.16. The molecule has 9 heavy (non-hydrogen) atoms. The van der Waals surface area contributed by atoms with E-state index in [1.54, 1.807) is 0 Å². The second-order valence-electron chi connectivity index (χ2n) is 3.79. The second-order valence-corrected chi connectivity index (χ2v) is 3.79. The lowest BCUT2D eigenvalue weighted by molar-refractivity contribution is 0.330. The van der Waals surface area contributed by atoms with Gasteiger partial charge in [-0.2, -0.15) is 0 Å². The minimum absolute atomic E-state index is 0.495. The molecule has 1 fully saturated rings. The Morgan fingerprint density at radius 3 is 2.56 bits per heavy atom. The zero-order chi connectivity index (χ0) is 6.91. The highest BCUT2D eigenvalue weighted by Crippen LogP contribution is 2.36. The minimum atomic E-state index is 0.495. The van der Waals surface area contributed by atoms with Gasteiger partial charge in [-0.15, -0.1) is 0 Å². The summed E-state index contributed by atoms with van der Waals surface area (Å²) in [4.78, 5) is 0. The van der Waals surface area contributed by atoms with E-state index in [-0.39, 0.29) is 0 Å². The molecule has 0 heterocycles. The van der Waals surface area contributed by atoms with E-state index < -0.39 is 0 Å². The van der Waals surface area contributed by atoms with Crippen molar-refractivity contribution in [3.8, 4) is 0 Å². The van der Waals surface area contributed by atoms with Gasteiger partial charge in [0.2, 0.25) is 0 Å². The van der Waals surface area contributed by atoms with E-state index in [0.29, 0.717) is 5.41 Å². The summed E-state index contributed by atoms with van der Waals surface area (Å²) in [7, 11) is 0. The largest absolute Gasteiger partial charge is 0.0998 e. The predicted octanol–water partition coefficient (Wildman–Crippen LogP) is 2.96. The number of hydrogen-bond acceptors (Lipinski definition) is 0. The van der Waals surface area contributed by atoms with Crippen molar-refractivity contribution in [1.29, 1.82) is 0 Å². The van der Waals surface area contributed by atoms with E-state index in [0.717, 1.165) is 6.42 Å². The van der Waals surface area contributed by atoms with Crippen LogP contribution in [-0.4, -0.2) is 0 Å². The fraction of sp³-hybridized carbons (Fsp3) is 0.667. The van der Waals surface area contributed by atoms with E-state index in [9.17, 15) is 0 Å². The zero-order valence-electron chi connectivity index (χ0n) is 6.41. The van der Waals surface area contributed by atoms with Gasteiger partial charge in [0, 0.05) is 0 Å². The normalized spacial score (nSPS) is 26.2. The van der Waals surface area contributed by atoms with Crippen LogP contribution in [0.3, 0.4) is 0 Å². The maximum atomic E-state index is 3.98. The van der Waals surface area contributed by atoms with Gasteiger partial charge in [0.1, 0.15) is 0 Å². The number of rotatable bonds is 0. The summed E-state index contributed by atoms with van der Waals surface area (Å²) < 4.78 is 0. The Hall–Kier alpha value is -0.260. The van der Waals surface area contributed by atoms with Crippen molar-refractivity contribution in [1.82, 2.24) is 0 Å². The Bertz CT molecular complexity index is 120. The summed E-state index contributed by atoms with van der Waals surface area (Å²) in [6.07, 6.45) is 5.95. The lowest BCUT2D eigenvalue weighted by Gasteiger charge is -2.30. The molecule has 0 aromatic carbocycles. The van der Waals surface area contributed by atoms with Crippen LogP contribution in [0.2, 0.25) is 0 Å². The first-order valence-corrected chi connectivity index (χ1v) is 3.58. The molecule has 0 nitrogen and oxygen atoms in total. The van der Waals surface area contributed by atoms with Crippen LogP contribution in [0.5, 0.6) is 0 Å². The quantitative estimate of drug-likeness (QED) is 0.434. The van der Waals surface area contributed by atoms with Crippen molar-refractivity contribution in [3.63, 3.8) is 0 Å².